The molecule has 0 aliphatic heterocycles. The number of hydrogen-bond donors (Lipinski definition) is 4. The Kier molecular flexibility index (Phi) is 9.54. The summed E-state index contributed by atoms with van der Waals surface area (Å²) in [6, 6.07) is -2.18. The molecule has 0 spiro atoms. The van der Waals surface area contributed by atoms with Crippen molar-refractivity contribution >= 4 is 30.5 Å². The highest BCUT2D eigenvalue weighted by Gasteiger charge is 2.19. The molecule has 17 heavy (non-hydrogen) atoms. The van der Waals surface area contributed by atoms with Crippen molar-refractivity contribution in [2.45, 2.75) is 32.0 Å². The van der Waals surface area contributed by atoms with E-state index in [1.165, 1.54) is 13.8 Å². The van der Waals surface area contributed by atoms with E-state index in [2.05, 4.69) is 10.6 Å². The molecule has 0 aromatic rings. The summed E-state index contributed by atoms with van der Waals surface area (Å²) in [7, 11) is 0. The van der Waals surface area contributed by atoms with Crippen LogP contribution in [-0.4, -0.2) is 42.8 Å². The Morgan fingerprint density at radius 1 is 1.24 bits per heavy atom. The fourth-order valence-electron chi connectivity index (χ4n) is 0.876. The van der Waals surface area contributed by atoms with Gasteiger partial charge in [-0.1, -0.05) is 0 Å². The third kappa shape index (κ3) is 6.88. The van der Waals surface area contributed by atoms with Gasteiger partial charge >= 0.3 is 0 Å². The summed E-state index contributed by atoms with van der Waals surface area (Å²) in [5, 5.41) is 4.79. The summed E-state index contributed by atoms with van der Waals surface area (Å²) in [6.07, 6.45) is 0.595. The zero-order chi connectivity index (χ0) is 12.7. The van der Waals surface area contributed by atoms with Crippen molar-refractivity contribution < 1.29 is 14.4 Å². The first-order valence-corrected chi connectivity index (χ1v) is 4.94. The van der Waals surface area contributed by atoms with E-state index in [-0.39, 0.29) is 19.0 Å². The first kappa shape index (κ1) is 18.2. The van der Waals surface area contributed by atoms with Gasteiger partial charge in [0, 0.05) is 6.54 Å². The molecule has 0 heterocycles. The lowest BCUT2D eigenvalue weighted by atomic mass is 10.2. The smallest absolute Gasteiger partial charge is 0.242 e. The molecule has 0 saturated carbocycles. The lowest BCUT2D eigenvalue weighted by molar-refractivity contribution is -0.130. The zero-order valence-electron chi connectivity index (χ0n) is 9.80. The number of aldehydes is 1. The van der Waals surface area contributed by atoms with E-state index < -0.39 is 29.9 Å². The number of carbonyl (C=O) groups excluding carboxylic acids is 3. The zero-order valence-corrected chi connectivity index (χ0v) is 10.6. The largest absolute Gasteiger partial charge is 0.345 e. The third-order valence-electron chi connectivity index (χ3n) is 1.92. The lowest BCUT2D eigenvalue weighted by Crippen LogP contribution is -2.53. The average molecular weight is 267 g/mol. The molecule has 0 bridgehead atoms. The van der Waals surface area contributed by atoms with Crippen LogP contribution < -0.4 is 22.1 Å². The van der Waals surface area contributed by atoms with Crippen molar-refractivity contribution in [3.05, 3.63) is 0 Å². The van der Waals surface area contributed by atoms with Gasteiger partial charge in [-0.2, -0.15) is 0 Å². The molecule has 0 saturated heterocycles. The van der Waals surface area contributed by atoms with Crippen LogP contribution in [0, 0.1) is 0 Å². The van der Waals surface area contributed by atoms with Gasteiger partial charge in [0.25, 0.3) is 0 Å². The van der Waals surface area contributed by atoms with E-state index in [1.54, 1.807) is 0 Å². The highest BCUT2D eigenvalue weighted by atomic mass is 35.5. The average Bonchev–Trinajstić information content (AvgIpc) is 2.27. The molecule has 2 amide bonds. The molecule has 7 nitrogen and oxygen atoms in total. The molecule has 0 aliphatic rings. The third-order valence-corrected chi connectivity index (χ3v) is 1.92. The van der Waals surface area contributed by atoms with Gasteiger partial charge in [-0.25, -0.2) is 0 Å². The van der Waals surface area contributed by atoms with Crippen molar-refractivity contribution in [3.63, 3.8) is 0 Å². The molecule has 3 atom stereocenters. The van der Waals surface area contributed by atoms with Gasteiger partial charge in [-0.05, 0) is 13.8 Å². The number of halogens is 1. The standard InChI is InChI=1S/C9H18N4O3.ClH/c1-5(4-14)12-8(15)6(2)13-9(16)7(11)3-10;/h4-7H,3,10-11H2,1-2H3,(H,12,15)(H,13,16);1H/t5-,6-,7?;/m0./s1. The maximum Gasteiger partial charge on any atom is 0.242 e. The van der Waals surface area contributed by atoms with Crippen LogP contribution in [0.2, 0.25) is 0 Å². The maximum atomic E-state index is 11.4. The normalized spacial score (nSPS) is 14.8. The van der Waals surface area contributed by atoms with E-state index in [1.807, 2.05) is 0 Å². The van der Waals surface area contributed by atoms with Crippen molar-refractivity contribution in [2.75, 3.05) is 6.54 Å². The molecule has 0 fully saturated rings. The van der Waals surface area contributed by atoms with Crippen LogP contribution in [0.3, 0.4) is 0 Å². The van der Waals surface area contributed by atoms with Crippen molar-refractivity contribution in [1.82, 2.24) is 10.6 Å². The van der Waals surface area contributed by atoms with E-state index >= 15 is 0 Å². The van der Waals surface area contributed by atoms with Gasteiger partial charge < -0.3 is 26.9 Å². The number of amides is 2. The summed E-state index contributed by atoms with van der Waals surface area (Å²) in [5.74, 6) is -0.943. The highest BCUT2D eigenvalue weighted by Crippen LogP contribution is 1.86. The predicted molar refractivity (Wildman–Crippen MR) is 65.6 cm³/mol. The summed E-state index contributed by atoms with van der Waals surface area (Å²) in [4.78, 5) is 33.0. The molecule has 0 aromatic heterocycles. The monoisotopic (exact) mass is 266 g/mol. The van der Waals surface area contributed by atoms with Gasteiger partial charge in [0.05, 0.1) is 12.1 Å². The molecule has 0 radical (unpaired) electrons. The second-order valence-electron chi connectivity index (χ2n) is 3.51. The maximum absolute atomic E-state index is 11.4. The molecule has 0 rings (SSSR count). The van der Waals surface area contributed by atoms with E-state index in [0.29, 0.717) is 6.29 Å². The number of rotatable bonds is 6. The predicted octanol–water partition coefficient (Wildman–Crippen LogP) is -2.10. The molecular formula is C9H19ClN4O3. The van der Waals surface area contributed by atoms with Crippen LogP contribution in [0.4, 0.5) is 0 Å². The first-order chi connectivity index (χ1) is 7.42. The van der Waals surface area contributed by atoms with Crippen LogP contribution in [0.15, 0.2) is 0 Å². The fraction of sp³-hybridized carbons (Fsp3) is 0.667. The molecule has 0 aromatic carbocycles. The molecule has 8 heteroatoms. The van der Waals surface area contributed by atoms with Crippen LogP contribution in [0.25, 0.3) is 0 Å². The summed E-state index contributed by atoms with van der Waals surface area (Å²) in [5.41, 5.74) is 10.6. The fourth-order valence-corrected chi connectivity index (χ4v) is 0.876. The van der Waals surface area contributed by atoms with Crippen LogP contribution in [0.1, 0.15) is 13.8 Å². The molecule has 100 valence electrons. The topological polar surface area (TPSA) is 127 Å². The van der Waals surface area contributed by atoms with Gasteiger partial charge in [-0.3, -0.25) is 9.59 Å². The van der Waals surface area contributed by atoms with Crippen molar-refractivity contribution in [3.8, 4) is 0 Å². The number of nitrogens with one attached hydrogen (secondary N) is 2. The second kappa shape index (κ2) is 8.91. The minimum atomic E-state index is -0.834. The van der Waals surface area contributed by atoms with Crippen LogP contribution >= 0.6 is 12.4 Å². The Morgan fingerprint density at radius 2 is 1.76 bits per heavy atom. The minimum Gasteiger partial charge on any atom is -0.345 e. The van der Waals surface area contributed by atoms with E-state index in [0.717, 1.165) is 0 Å². The van der Waals surface area contributed by atoms with Crippen LogP contribution in [-0.2, 0) is 14.4 Å². The molecule has 0 aliphatic carbocycles. The second-order valence-corrected chi connectivity index (χ2v) is 3.51. The Labute approximate surface area is 106 Å². The van der Waals surface area contributed by atoms with Crippen molar-refractivity contribution in [1.29, 1.82) is 0 Å². The minimum absolute atomic E-state index is 0. The van der Waals surface area contributed by atoms with Gasteiger partial charge in [-0.15, -0.1) is 12.4 Å². The summed E-state index contributed by atoms with van der Waals surface area (Å²) < 4.78 is 0. The molecule has 6 N–H and O–H groups in total. The van der Waals surface area contributed by atoms with Crippen LogP contribution in [0.5, 0.6) is 0 Å². The molecular weight excluding hydrogens is 248 g/mol. The number of nitrogens with two attached hydrogens (primary N) is 2. The quantitative estimate of drug-likeness (QED) is 0.410. The van der Waals surface area contributed by atoms with Gasteiger partial charge in [0.15, 0.2) is 0 Å². The molecule has 1 unspecified atom stereocenters. The van der Waals surface area contributed by atoms with Crippen molar-refractivity contribution in [2.24, 2.45) is 11.5 Å². The number of carbonyl (C=O) groups is 3. The Balaban J connectivity index is 0. The van der Waals surface area contributed by atoms with E-state index in [9.17, 15) is 14.4 Å². The summed E-state index contributed by atoms with van der Waals surface area (Å²) >= 11 is 0. The Morgan fingerprint density at radius 3 is 2.18 bits per heavy atom. The Bertz CT molecular complexity index is 275. The van der Waals surface area contributed by atoms with Gasteiger partial charge in [0.2, 0.25) is 11.8 Å². The Hall–Kier alpha value is -1.18. The lowest BCUT2D eigenvalue weighted by Gasteiger charge is -2.17. The summed E-state index contributed by atoms with van der Waals surface area (Å²) in [6.45, 7) is 3.03. The SMILES string of the molecule is C[C@H](NC(=O)C(N)CN)C(=O)N[C@@H](C)C=O.Cl. The number of hydrogen-bond acceptors (Lipinski definition) is 5. The van der Waals surface area contributed by atoms with E-state index in [4.69, 9.17) is 11.5 Å². The highest BCUT2D eigenvalue weighted by molar-refractivity contribution is 5.90. The first-order valence-electron chi connectivity index (χ1n) is 4.94. The van der Waals surface area contributed by atoms with Gasteiger partial charge in [0.1, 0.15) is 12.3 Å².